The molecular formula is C24H17F2N7O3. The van der Waals surface area contributed by atoms with Gasteiger partial charge in [-0.05, 0) is 42.5 Å². The molecule has 0 saturated carbocycles. The molecular weight excluding hydrogens is 472 g/mol. The van der Waals surface area contributed by atoms with Gasteiger partial charge in [-0.3, -0.25) is 0 Å². The molecule has 0 saturated heterocycles. The summed E-state index contributed by atoms with van der Waals surface area (Å²) in [6.45, 7) is 0. The van der Waals surface area contributed by atoms with Crippen LogP contribution in [0, 0.1) is 11.6 Å². The van der Waals surface area contributed by atoms with Crippen LogP contribution in [0.1, 0.15) is 0 Å². The van der Waals surface area contributed by atoms with Crippen molar-refractivity contribution in [3.8, 4) is 28.9 Å². The van der Waals surface area contributed by atoms with E-state index in [-0.39, 0.29) is 17.4 Å². The zero-order chi connectivity index (χ0) is 25.1. The minimum Gasteiger partial charge on any atom is -0.480 e. The summed E-state index contributed by atoms with van der Waals surface area (Å²) in [7, 11) is 1.55. The van der Waals surface area contributed by atoms with Gasteiger partial charge in [0.25, 0.3) is 0 Å². The van der Waals surface area contributed by atoms with Crippen molar-refractivity contribution in [1.29, 1.82) is 0 Å². The molecule has 5 rings (SSSR count). The third-order valence-corrected chi connectivity index (χ3v) is 4.97. The molecule has 0 atom stereocenters. The van der Waals surface area contributed by atoms with Crippen molar-refractivity contribution in [3.05, 3.63) is 84.8 Å². The van der Waals surface area contributed by atoms with Gasteiger partial charge in [-0.1, -0.05) is 0 Å². The van der Waals surface area contributed by atoms with Crippen molar-refractivity contribution in [2.45, 2.75) is 0 Å². The molecule has 0 spiro atoms. The average molecular weight is 489 g/mol. The van der Waals surface area contributed by atoms with E-state index in [9.17, 15) is 13.6 Å². The molecule has 0 aliphatic heterocycles. The molecule has 0 radical (unpaired) electrons. The maximum absolute atomic E-state index is 13.7. The van der Waals surface area contributed by atoms with Crippen molar-refractivity contribution >= 4 is 23.1 Å². The topological polar surface area (TPSA) is 116 Å². The summed E-state index contributed by atoms with van der Waals surface area (Å²) < 4.78 is 39.4. The number of halogens is 2. The highest BCUT2D eigenvalue weighted by Gasteiger charge is 2.11. The fourth-order valence-electron chi connectivity index (χ4n) is 3.27. The number of urea groups is 1. The Morgan fingerprint density at radius 3 is 2.44 bits per heavy atom. The number of fused-ring (bicyclic) bond motifs is 1. The minimum atomic E-state index is -0.785. The molecule has 180 valence electrons. The second-order valence-corrected chi connectivity index (χ2v) is 7.37. The molecule has 0 fully saturated rings. The predicted molar refractivity (Wildman–Crippen MR) is 126 cm³/mol. The summed E-state index contributed by atoms with van der Waals surface area (Å²) in [4.78, 5) is 24.5. The number of hydrogen-bond donors (Lipinski definition) is 2. The molecule has 3 aromatic heterocycles. The molecule has 0 aliphatic carbocycles. The third kappa shape index (κ3) is 4.87. The van der Waals surface area contributed by atoms with E-state index in [4.69, 9.17) is 9.47 Å². The fourth-order valence-corrected chi connectivity index (χ4v) is 3.27. The molecule has 12 heteroatoms. The lowest BCUT2D eigenvalue weighted by atomic mass is 10.1. The van der Waals surface area contributed by atoms with Gasteiger partial charge in [0, 0.05) is 17.7 Å². The first-order valence-corrected chi connectivity index (χ1v) is 10.5. The Hall–Kier alpha value is -5.13. The Morgan fingerprint density at radius 1 is 0.917 bits per heavy atom. The van der Waals surface area contributed by atoms with E-state index < -0.39 is 17.7 Å². The largest absolute Gasteiger partial charge is 0.480 e. The van der Waals surface area contributed by atoms with Crippen LogP contribution in [0.5, 0.6) is 17.6 Å². The lowest BCUT2D eigenvalue weighted by Crippen LogP contribution is -2.20. The van der Waals surface area contributed by atoms with Gasteiger partial charge >= 0.3 is 12.0 Å². The molecule has 2 aromatic carbocycles. The van der Waals surface area contributed by atoms with E-state index in [0.717, 1.165) is 29.5 Å². The van der Waals surface area contributed by atoms with Crippen LogP contribution >= 0.6 is 0 Å². The number of rotatable bonds is 6. The van der Waals surface area contributed by atoms with Crippen molar-refractivity contribution in [2.24, 2.45) is 0 Å². The molecule has 2 N–H and O–H groups in total. The Bertz CT molecular complexity index is 1540. The van der Waals surface area contributed by atoms with Gasteiger partial charge < -0.3 is 20.1 Å². The summed E-state index contributed by atoms with van der Waals surface area (Å²) >= 11 is 0. The number of benzene rings is 2. The minimum absolute atomic E-state index is 0.0473. The second kappa shape index (κ2) is 9.62. The van der Waals surface area contributed by atoms with Crippen LogP contribution in [0.15, 0.2) is 73.2 Å². The Kier molecular flexibility index (Phi) is 6.05. The normalized spacial score (nSPS) is 10.8. The number of nitrogens with one attached hydrogen (secondary N) is 2. The van der Waals surface area contributed by atoms with E-state index in [1.165, 1.54) is 12.4 Å². The average Bonchev–Trinajstić information content (AvgIpc) is 3.31. The van der Waals surface area contributed by atoms with Gasteiger partial charge in [-0.25, -0.2) is 33.0 Å². The number of nitrogens with zero attached hydrogens (tertiary/aromatic N) is 5. The fraction of sp³-hybridized carbons (Fsp3) is 0.0417. The monoisotopic (exact) mass is 489 g/mol. The van der Waals surface area contributed by atoms with Crippen LogP contribution in [0.2, 0.25) is 0 Å². The quantitative estimate of drug-likeness (QED) is 0.348. The molecule has 3 heterocycles. The third-order valence-electron chi connectivity index (χ3n) is 4.97. The number of imidazole rings is 1. The highest BCUT2D eigenvalue weighted by atomic mass is 19.1. The first-order valence-electron chi connectivity index (χ1n) is 10.5. The molecule has 2 amide bonds. The van der Waals surface area contributed by atoms with E-state index in [1.54, 1.807) is 36.0 Å². The lowest BCUT2D eigenvalue weighted by molar-refractivity contribution is 0.262. The maximum Gasteiger partial charge on any atom is 0.323 e. The summed E-state index contributed by atoms with van der Waals surface area (Å²) in [6.07, 6.45) is 4.34. The predicted octanol–water partition coefficient (Wildman–Crippen LogP) is 4.91. The number of amides is 2. The Morgan fingerprint density at radius 2 is 1.69 bits per heavy atom. The van der Waals surface area contributed by atoms with Crippen molar-refractivity contribution in [2.75, 3.05) is 17.7 Å². The first-order chi connectivity index (χ1) is 17.5. The SMILES string of the molecule is COc1ccc2ncc(-c3ccc(Oc4ncc(NC(=O)Nc5cc(F)ccc5F)cn4)cc3)n2n1. The van der Waals surface area contributed by atoms with Gasteiger partial charge in [-0.2, -0.15) is 0 Å². The zero-order valence-electron chi connectivity index (χ0n) is 18.6. The van der Waals surface area contributed by atoms with E-state index in [0.29, 0.717) is 17.3 Å². The summed E-state index contributed by atoms with van der Waals surface area (Å²) in [5.41, 5.74) is 2.25. The lowest BCUT2D eigenvalue weighted by Gasteiger charge is -2.09. The molecule has 0 bridgehead atoms. The van der Waals surface area contributed by atoms with Crippen LogP contribution in [-0.4, -0.2) is 37.7 Å². The Balaban J connectivity index is 1.23. The summed E-state index contributed by atoms with van der Waals surface area (Å²) in [6, 6.07) is 12.7. The first kappa shape index (κ1) is 22.7. The van der Waals surface area contributed by atoms with E-state index in [1.807, 2.05) is 18.2 Å². The van der Waals surface area contributed by atoms with Crippen LogP contribution in [0.4, 0.5) is 25.0 Å². The summed E-state index contributed by atoms with van der Waals surface area (Å²) in [5.74, 6) is -0.497. The van der Waals surface area contributed by atoms with E-state index >= 15 is 0 Å². The Labute approximate surface area is 202 Å². The number of carbonyl (C=O) groups is 1. The van der Waals surface area contributed by atoms with Gasteiger partial charge in [0.05, 0.1) is 42.8 Å². The van der Waals surface area contributed by atoms with Crippen LogP contribution in [0.3, 0.4) is 0 Å². The van der Waals surface area contributed by atoms with Gasteiger partial charge in [-0.15, -0.1) is 5.10 Å². The number of carbonyl (C=O) groups excluding carboxylic acids is 1. The standard InChI is InChI=1S/C24H17F2N7O3/c1-35-22-9-8-21-27-13-20(33(21)32-22)14-2-5-17(6-3-14)36-24-28-11-16(12-29-24)30-23(34)31-19-10-15(25)4-7-18(19)26/h2-13H,1H3,(H2,30,31,34). The molecule has 0 unspecified atom stereocenters. The number of anilines is 2. The molecule has 10 nitrogen and oxygen atoms in total. The second-order valence-electron chi connectivity index (χ2n) is 7.37. The molecule has 5 aromatic rings. The zero-order valence-corrected chi connectivity index (χ0v) is 18.6. The van der Waals surface area contributed by atoms with E-state index in [2.05, 4.69) is 30.7 Å². The van der Waals surface area contributed by atoms with Crippen LogP contribution < -0.4 is 20.1 Å². The number of methoxy groups -OCH3 is 1. The molecule has 36 heavy (non-hydrogen) atoms. The summed E-state index contributed by atoms with van der Waals surface area (Å²) in [5, 5.41) is 9.04. The van der Waals surface area contributed by atoms with Crippen LogP contribution in [-0.2, 0) is 0 Å². The van der Waals surface area contributed by atoms with Crippen molar-refractivity contribution < 1.29 is 23.0 Å². The number of hydrogen-bond acceptors (Lipinski definition) is 7. The van der Waals surface area contributed by atoms with Gasteiger partial charge in [0.15, 0.2) is 5.65 Å². The highest BCUT2D eigenvalue weighted by Crippen LogP contribution is 2.25. The van der Waals surface area contributed by atoms with Crippen LogP contribution in [0.25, 0.3) is 16.9 Å². The van der Waals surface area contributed by atoms with Gasteiger partial charge in [0.2, 0.25) is 5.88 Å². The molecule has 0 aliphatic rings. The number of aromatic nitrogens is 5. The van der Waals surface area contributed by atoms with Gasteiger partial charge in [0.1, 0.15) is 17.4 Å². The highest BCUT2D eigenvalue weighted by molar-refractivity contribution is 5.99. The maximum atomic E-state index is 13.7. The van der Waals surface area contributed by atoms with Crippen molar-refractivity contribution in [1.82, 2.24) is 24.6 Å². The smallest absolute Gasteiger partial charge is 0.323 e. The number of ether oxygens (including phenoxy) is 2. The van der Waals surface area contributed by atoms with Crippen molar-refractivity contribution in [3.63, 3.8) is 0 Å².